The quantitative estimate of drug-likeness (QED) is 0.773. The molecule has 0 spiro atoms. The Kier molecular flexibility index (Phi) is 5.22. The van der Waals surface area contributed by atoms with E-state index in [-0.39, 0.29) is 0 Å². The maximum absolute atomic E-state index is 12.7. The summed E-state index contributed by atoms with van der Waals surface area (Å²) in [7, 11) is 0. The summed E-state index contributed by atoms with van der Waals surface area (Å²) in [6.45, 7) is 10.9. The predicted octanol–water partition coefficient (Wildman–Crippen LogP) is 2.83. The molecule has 0 aliphatic heterocycles. The molecule has 0 saturated heterocycles. The highest BCUT2D eigenvalue weighted by Crippen LogP contribution is 2.07. The molecule has 1 aromatic heterocycles. The molecule has 0 unspecified atom stereocenters. The predicted molar refractivity (Wildman–Crippen MR) is 58.6 cm³/mol. The fourth-order valence-electron chi connectivity index (χ4n) is 0.872. The Morgan fingerprint density at radius 2 is 1.93 bits per heavy atom. The zero-order chi connectivity index (χ0) is 11.1. The Balaban J connectivity index is 0.000000791. The van der Waals surface area contributed by atoms with Gasteiger partial charge in [0.2, 0.25) is 0 Å². The summed E-state index contributed by atoms with van der Waals surface area (Å²) in [4.78, 5) is 13.1. The molecule has 76 valence electrons. The van der Waals surface area contributed by atoms with E-state index in [0.29, 0.717) is 11.3 Å². The van der Waals surface area contributed by atoms with Crippen molar-refractivity contribution in [3.05, 3.63) is 46.7 Å². The summed E-state index contributed by atoms with van der Waals surface area (Å²) in [5.74, 6) is -0.810. The van der Waals surface area contributed by atoms with Crippen molar-refractivity contribution in [1.29, 1.82) is 0 Å². The van der Waals surface area contributed by atoms with Crippen LogP contribution in [0.15, 0.2) is 24.0 Å². The summed E-state index contributed by atoms with van der Waals surface area (Å²) >= 11 is 0. The highest BCUT2D eigenvalue weighted by molar-refractivity contribution is 5.59. The third kappa shape index (κ3) is 2.69. The number of aromatic amines is 1. The van der Waals surface area contributed by atoms with E-state index < -0.39 is 11.4 Å². The average Bonchev–Trinajstić information content (AvgIpc) is 2.24. The minimum Gasteiger partial charge on any atom is -0.319 e. The lowest BCUT2D eigenvalue weighted by molar-refractivity contribution is 0.607. The zero-order valence-corrected chi connectivity index (χ0v) is 8.43. The lowest BCUT2D eigenvalue weighted by Gasteiger charge is -1.98. The molecule has 1 N–H and O–H groups in total. The number of hydrogen-bond acceptors (Lipinski definition) is 1. The van der Waals surface area contributed by atoms with Gasteiger partial charge in [0.05, 0.1) is 0 Å². The average molecular weight is 195 g/mol. The highest BCUT2D eigenvalue weighted by atomic mass is 19.1. The number of nitrogens with one attached hydrogen (secondary N) is 1. The van der Waals surface area contributed by atoms with Crippen LogP contribution < -0.4 is 5.56 Å². The lowest BCUT2D eigenvalue weighted by Crippen LogP contribution is -2.12. The zero-order valence-electron chi connectivity index (χ0n) is 8.43. The smallest absolute Gasteiger partial charge is 0.284 e. The molecular formula is C11H14FNO. The van der Waals surface area contributed by atoms with Crippen molar-refractivity contribution in [2.24, 2.45) is 0 Å². The summed E-state index contributed by atoms with van der Waals surface area (Å²) in [6.07, 6.45) is 2.90. The SMILES string of the molecule is C=Cc1cc(F)c(=O)[nH]c1C=C.CC. The van der Waals surface area contributed by atoms with Gasteiger partial charge in [-0.05, 0) is 12.1 Å². The Bertz CT molecular complexity index is 379. The van der Waals surface area contributed by atoms with Gasteiger partial charge in [0, 0.05) is 11.3 Å². The lowest BCUT2D eigenvalue weighted by atomic mass is 10.2. The molecule has 0 radical (unpaired) electrons. The number of pyridine rings is 1. The monoisotopic (exact) mass is 195 g/mol. The van der Waals surface area contributed by atoms with E-state index >= 15 is 0 Å². The third-order valence-electron chi connectivity index (χ3n) is 1.48. The molecule has 0 amide bonds. The Labute approximate surface area is 82.8 Å². The highest BCUT2D eigenvalue weighted by Gasteiger charge is 2.02. The van der Waals surface area contributed by atoms with E-state index in [0.717, 1.165) is 6.07 Å². The van der Waals surface area contributed by atoms with Gasteiger partial charge in [0.1, 0.15) is 0 Å². The molecule has 0 aromatic carbocycles. The van der Waals surface area contributed by atoms with Crippen LogP contribution in [0.1, 0.15) is 25.1 Å². The third-order valence-corrected chi connectivity index (χ3v) is 1.48. The second-order valence-electron chi connectivity index (χ2n) is 2.22. The molecular weight excluding hydrogens is 181 g/mol. The van der Waals surface area contributed by atoms with Crippen molar-refractivity contribution < 1.29 is 4.39 Å². The molecule has 1 heterocycles. The van der Waals surface area contributed by atoms with Crippen molar-refractivity contribution in [3.8, 4) is 0 Å². The van der Waals surface area contributed by atoms with Crippen LogP contribution in [-0.4, -0.2) is 4.98 Å². The number of hydrogen-bond donors (Lipinski definition) is 1. The number of H-pyrrole nitrogens is 1. The van der Waals surface area contributed by atoms with Crippen LogP contribution in [-0.2, 0) is 0 Å². The van der Waals surface area contributed by atoms with Crippen LogP contribution in [0, 0.1) is 5.82 Å². The summed E-state index contributed by atoms with van der Waals surface area (Å²) in [5.41, 5.74) is 0.272. The fraction of sp³-hybridized carbons (Fsp3) is 0.182. The van der Waals surface area contributed by atoms with Crippen LogP contribution in [0.4, 0.5) is 4.39 Å². The van der Waals surface area contributed by atoms with Gasteiger partial charge in [-0.15, -0.1) is 0 Å². The largest absolute Gasteiger partial charge is 0.319 e. The first-order chi connectivity index (χ1) is 6.69. The van der Waals surface area contributed by atoms with Gasteiger partial charge < -0.3 is 4.98 Å². The van der Waals surface area contributed by atoms with Gasteiger partial charge in [0.25, 0.3) is 5.56 Å². The molecule has 0 bridgehead atoms. The van der Waals surface area contributed by atoms with Crippen molar-refractivity contribution in [3.63, 3.8) is 0 Å². The van der Waals surface area contributed by atoms with E-state index in [1.165, 1.54) is 12.2 Å². The van der Waals surface area contributed by atoms with Crippen molar-refractivity contribution >= 4 is 12.2 Å². The number of aromatic nitrogens is 1. The molecule has 0 aliphatic rings. The number of halogens is 1. The summed E-state index contributed by atoms with van der Waals surface area (Å²) < 4.78 is 12.7. The maximum Gasteiger partial charge on any atom is 0.284 e. The maximum atomic E-state index is 12.7. The standard InChI is InChI=1S/C9H8FNO.C2H6/c1-3-6-5-7(10)9(12)11-8(6)4-2;1-2/h3-5H,1-2H2,(H,11,12);1-2H3. The Morgan fingerprint density at radius 3 is 2.36 bits per heavy atom. The summed E-state index contributed by atoms with van der Waals surface area (Å²) in [5, 5.41) is 0. The first-order valence-corrected chi connectivity index (χ1v) is 4.36. The molecule has 0 fully saturated rings. The van der Waals surface area contributed by atoms with Crippen LogP contribution in [0.5, 0.6) is 0 Å². The van der Waals surface area contributed by atoms with Gasteiger partial charge in [-0.3, -0.25) is 4.79 Å². The van der Waals surface area contributed by atoms with E-state index in [1.807, 2.05) is 13.8 Å². The molecule has 1 rings (SSSR count). The van der Waals surface area contributed by atoms with Crippen molar-refractivity contribution in [1.82, 2.24) is 4.98 Å². The van der Waals surface area contributed by atoms with Gasteiger partial charge in [-0.2, -0.15) is 0 Å². The Hall–Kier alpha value is -1.64. The van der Waals surface area contributed by atoms with Crippen LogP contribution >= 0.6 is 0 Å². The van der Waals surface area contributed by atoms with Gasteiger partial charge >= 0.3 is 0 Å². The number of rotatable bonds is 2. The molecule has 1 aromatic rings. The van der Waals surface area contributed by atoms with Crippen molar-refractivity contribution in [2.45, 2.75) is 13.8 Å². The van der Waals surface area contributed by atoms with Crippen LogP contribution in [0.2, 0.25) is 0 Å². The molecule has 0 aliphatic carbocycles. The molecule has 0 atom stereocenters. The normalized spacial score (nSPS) is 8.50. The van der Waals surface area contributed by atoms with E-state index in [1.54, 1.807) is 0 Å². The van der Waals surface area contributed by atoms with Crippen molar-refractivity contribution in [2.75, 3.05) is 0 Å². The van der Waals surface area contributed by atoms with E-state index in [4.69, 9.17) is 0 Å². The first kappa shape index (κ1) is 12.4. The first-order valence-electron chi connectivity index (χ1n) is 4.36. The van der Waals surface area contributed by atoms with Crippen LogP contribution in [0.3, 0.4) is 0 Å². The Morgan fingerprint density at radius 1 is 1.36 bits per heavy atom. The van der Waals surface area contributed by atoms with E-state index in [9.17, 15) is 9.18 Å². The molecule has 14 heavy (non-hydrogen) atoms. The molecule has 0 saturated carbocycles. The van der Waals surface area contributed by atoms with E-state index in [2.05, 4.69) is 18.1 Å². The van der Waals surface area contributed by atoms with Gasteiger partial charge in [-0.1, -0.05) is 33.1 Å². The van der Waals surface area contributed by atoms with Gasteiger partial charge in [0.15, 0.2) is 5.82 Å². The minimum atomic E-state index is -0.810. The topological polar surface area (TPSA) is 32.9 Å². The second-order valence-corrected chi connectivity index (χ2v) is 2.22. The molecule has 2 nitrogen and oxygen atoms in total. The molecule has 3 heteroatoms. The second kappa shape index (κ2) is 5.91. The fourth-order valence-corrected chi connectivity index (χ4v) is 0.872. The van der Waals surface area contributed by atoms with Gasteiger partial charge in [-0.25, -0.2) is 4.39 Å². The summed E-state index contributed by atoms with van der Waals surface area (Å²) in [6, 6.07) is 1.13. The van der Waals surface area contributed by atoms with Crippen LogP contribution in [0.25, 0.3) is 12.2 Å². The minimum absolute atomic E-state index is 0.483.